The molecule has 0 saturated carbocycles. The van der Waals surface area contributed by atoms with E-state index in [0.29, 0.717) is 11.3 Å². The largest absolute Gasteiger partial charge is 0.467 e. The number of aliphatic hydroxyl groups excluding tert-OH is 1. The van der Waals surface area contributed by atoms with Gasteiger partial charge in [0.25, 0.3) is 11.6 Å². The van der Waals surface area contributed by atoms with Crippen LogP contribution in [0, 0.1) is 17.0 Å². The van der Waals surface area contributed by atoms with Crippen molar-refractivity contribution in [2.45, 2.75) is 32.4 Å². The van der Waals surface area contributed by atoms with Gasteiger partial charge in [0.2, 0.25) is 0 Å². The molecule has 0 fully saturated rings. The van der Waals surface area contributed by atoms with Crippen LogP contribution < -0.4 is 5.32 Å². The number of hydrogen-bond donors (Lipinski definition) is 2. The molecule has 2 atom stereocenters. The van der Waals surface area contributed by atoms with Gasteiger partial charge in [0.05, 0.1) is 11.2 Å². The third kappa shape index (κ3) is 3.95. The standard InChI is InChI=1S/C16H18N2O5/c1-10(9-14(19)15-7-4-8-23-15)17-16(20)12-5-3-6-13(11(12)2)18(21)22/h3-8,10,14,19H,9H2,1-2H3,(H,17,20). The van der Waals surface area contributed by atoms with Gasteiger partial charge >= 0.3 is 0 Å². The SMILES string of the molecule is Cc1c(C(=O)NC(C)CC(O)c2ccco2)cccc1[N+](=O)[O-]. The summed E-state index contributed by atoms with van der Waals surface area (Å²) in [5.41, 5.74) is 0.466. The highest BCUT2D eigenvalue weighted by atomic mass is 16.6. The number of carbonyl (C=O) groups is 1. The first kappa shape index (κ1) is 16.7. The monoisotopic (exact) mass is 318 g/mol. The van der Waals surface area contributed by atoms with Crippen molar-refractivity contribution < 1.29 is 19.2 Å². The summed E-state index contributed by atoms with van der Waals surface area (Å²) in [6.45, 7) is 3.28. The molecule has 1 aromatic carbocycles. The zero-order valence-corrected chi connectivity index (χ0v) is 12.9. The minimum Gasteiger partial charge on any atom is -0.467 e. The molecule has 2 aromatic rings. The van der Waals surface area contributed by atoms with Crippen LogP contribution in [0.15, 0.2) is 41.0 Å². The summed E-state index contributed by atoms with van der Waals surface area (Å²) >= 11 is 0. The predicted octanol–water partition coefficient (Wildman–Crippen LogP) is 2.74. The smallest absolute Gasteiger partial charge is 0.273 e. The van der Waals surface area contributed by atoms with E-state index in [9.17, 15) is 20.0 Å². The van der Waals surface area contributed by atoms with E-state index in [-0.39, 0.29) is 23.7 Å². The van der Waals surface area contributed by atoms with E-state index in [2.05, 4.69) is 5.32 Å². The van der Waals surface area contributed by atoms with E-state index in [1.54, 1.807) is 19.1 Å². The number of nitro benzene ring substituents is 1. The molecule has 0 spiro atoms. The highest BCUT2D eigenvalue weighted by Crippen LogP contribution is 2.22. The summed E-state index contributed by atoms with van der Waals surface area (Å²) in [6.07, 6.45) is 0.910. The van der Waals surface area contributed by atoms with E-state index in [0.717, 1.165) is 0 Å². The molecule has 0 aliphatic carbocycles. The number of amides is 1. The third-order valence-electron chi connectivity index (χ3n) is 3.57. The molecule has 1 heterocycles. The Morgan fingerprint density at radius 3 is 2.74 bits per heavy atom. The normalized spacial score (nSPS) is 13.3. The molecule has 122 valence electrons. The van der Waals surface area contributed by atoms with Crippen LogP contribution in [-0.2, 0) is 0 Å². The Labute approximate surface area is 133 Å². The Kier molecular flexibility index (Phi) is 5.13. The maximum absolute atomic E-state index is 12.3. The van der Waals surface area contributed by atoms with Crippen molar-refractivity contribution in [1.29, 1.82) is 0 Å². The van der Waals surface area contributed by atoms with Crippen molar-refractivity contribution >= 4 is 11.6 Å². The second kappa shape index (κ2) is 7.06. The van der Waals surface area contributed by atoms with Gasteiger partial charge in [-0.3, -0.25) is 14.9 Å². The average molecular weight is 318 g/mol. The van der Waals surface area contributed by atoms with Crippen LogP contribution in [0.4, 0.5) is 5.69 Å². The lowest BCUT2D eigenvalue weighted by molar-refractivity contribution is -0.385. The molecule has 2 unspecified atom stereocenters. The lowest BCUT2D eigenvalue weighted by Crippen LogP contribution is -2.34. The molecule has 7 heteroatoms. The van der Waals surface area contributed by atoms with Crippen molar-refractivity contribution in [1.82, 2.24) is 5.32 Å². The summed E-state index contributed by atoms with van der Waals surface area (Å²) in [5, 5.41) is 23.7. The lowest BCUT2D eigenvalue weighted by Gasteiger charge is -2.17. The molecule has 0 aliphatic rings. The number of furan rings is 1. The van der Waals surface area contributed by atoms with Gasteiger partial charge in [-0.2, -0.15) is 0 Å². The van der Waals surface area contributed by atoms with Crippen molar-refractivity contribution in [3.8, 4) is 0 Å². The fourth-order valence-electron chi connectivity index (χ4n) is 2.36. The second-order valence-electron chi connectivity index (χ2n) is 5.35. The Morgan fingerprint density at radius 2 is 2.13 bits per heavy atom. The Bertz CT molecular complexity index is 697. The quantitative estimate of drug-likeness (QED) is 0.629. The van der Waals surface area contributed by atoms with Crippen LogP contribution in [0.3, 0.4) is 0 Å². The number of nitrogens with zero attached hydrogens (tertiary/aromatic N) is 1. The van der Waals surface area contributed by atoms with Gasteiger partial charge < -0.3 is 14.8 Å². The number of aliphatic hydroxyl groups is 1. The van der Waals surface area contributed by atoms with Crippen LogP contribution in [0.2, 0.25) is 0 Å². The summed E-state index contributed by atoms with van der Waals surface area (Å²) in [7, 11) is 0. The molecule has 1 aromatic heterocycles. The molecule has 7 nitrogen and oxygen atoms in total. The molecule has 2 N–H and O–H groups in total. The van der Waals surface area contributed by atoms with E-state index in [1.807, 2.05) is 0 Å². The Hall–Kier alpha value is -2.67. The summed E-state index contributed by atoms with van der Waals surface area (Å²) in [6, 6.07) is 7.37. The number of nitrogens with one attached hydrogen (secondary N) is 1. The van der Waals surface area contributed by atoms with E-state index in [1.165, 1.54) is 31.4 Å². The maximum Gasteiger partial charge on any atom is 0.273 e. The number of benzene rings is 1. The molecule has 0 radical (unpaired) electrons. The van der Waals surface area contributed by atoms with E-state index < -0.39 is 16.9 Å². The van der Waals surface area contributed by atoms with E-state index >= 15 is 0 Å². The first-order chi connectivity index (χ1) is 10.9. The van der Waals surface area contributed by atoms with Gasteiger partial charge in [0.15, 0.2) is 0 Å². The first-order valence-electron chi connectivity index (χ1n) is 7.16. The summed E-state index contributed by atoms with van der Waals surface area (Å²) in [5.74, 6) is 0.0166. The molecular weight excluding hydrogens is 300 g/mol. The van der Waals surface area contributed by atoms with Gasteiger partial charge in [-0.1, -0.05) is 6.07 Å². The number of carbonyl (C=O) groups excluding carboxylic acids is 1. The van der Waals surface area contributed by atoms with Crippen LogP contribution in [0.25, 0.3) is 0 Å². The topological polar surface area (TPSA) is 106 Å². The zero-order chi connectivity index (χ0) is 17.0. The molecule has 23 heavy (non-hydrogen) atoms. The average Bonchev–Trinajstić information content (AvgIpc) is 3.01. The van der Waals surface area contributed by atoms with Crippen LogP contribution >= 0.6 is 0 Å². The van der Waals surface area contributed by atoms with Crippen LogP contribution in [0.1, 0.15) is 41.1 Å². The van der Waals surface area contributed by atoms with Gasteiger partial charge in [0.1, 0.15) is 11.9 Å². The van der Waals surface area contributed by atoms with Crippen LogP contribution in [0.5, 0.6) is 0 Å². The lowest BCUT2D eigenvalue weighted by atomic mass is 10.0. The second-order valence-corrected chi connectivity index (χ2v) is 5.35. The molecule has 0 aliphatic heterocycles. The zero-order valence-electron chi connectivity index (χ0n) is 12.9. The van der Waals surface area contributed by atoms with Crippen molar-refractivity contribution in [2.75, 3.05) is 0 Å². The molecule has 2 rings (SSSR count). The Morgan fingerprint density at radius 1 is 1.39 bits per heavy atom. The molecule has 0 saturated heterocycles. The Balaban J connectivity index is 2.04. The maximum atomic E-state index is 12.3. The fourth-order valence-corrected chi connectivity index (χ4v) is 2.36. The predicted molar refractivity (Wildman–Crippen MR) is 83.0 cm³/mol. The minimum atomic E-state index is -0.827. The summed E-state index contributed by atoms with van der Waals surface area (Å²) < 4.78 is 5.11. The third-order valence-corrected chi connectivity index (χ3v) is 3.57. The minimum absolute atomic E-state index is 0.0964. The summed E-state index contributed by atoms with van der Waals surface area (Å²) in [4.78, 5) is 22.7. The van der Waals surface area contributed by atoms with Gasteiger partial charge in [-0.05, 0) is 32.0 Å². The molecule has 0 bridgehead atoms. The highest BCUT2D eigenvalue weighted by molar-refractivity contribution is 5.96. The van der Waals surface area contributed by atoms with Gasteiger partial charge in [-0.25, -0.2) is 0 Å². The first-order valence-corrected chi connectivity index (χ1v) is 7.16. The molecular formula is C16H18N2O5. The van der Waals surface area contributed by atoms with Crippen LogP contribution in [-0.4, -0.2) is 22.0 Å². The number of rotatable bonds is 6. The number of hydrogen-bond acceptors (Lipinski definition) is 5. The van der Waals surface area contributed by atoms with Crippen molar-refractivity contribution in [3.63, 3.8) is 0 Å². The number of nitro groups is 1. The molecule has 1 amide bonds. The van der Waals surface area contributed by atoms with Gasteiger partial charge in [-0.15, -0.1) is 0 Å². The highest BCUT2D eigenvalue weighted by Gasteiger charge is 2.21. The van der Waals surface area contributed by atoms with Gasteiger partial charge in [0, 0.05) is 29.7 Å². The fraction of sp³-hybridized carbons (Fsp3) is 0.312. The van der Waals surface area contributed by atoms with Crippen molar-refractivity contribution in [2.24, 2.45) is 0 Å². The van der Waals surface area contributed by atoms with E-state index in [4.69, 9.17) is 4.42 Å². The van der Waals surface area contributed by atoms with Crippen molar-refractivity contribution in [3.05, 3.63) is 63.6 Å².